The minimum absolute atomic E-state index is 0.710. The van der Waals surface area contributed by atoms with E-state index in [1.807, 2.05) is 36.4 Å². The highest BCUT2D eigenvalue weighted by Crippen LogP contribution is 2.43. The molecule has 10 rings (SSSR count). The van der Waals surface area contributed by atoms with Crippen molar-refractivity contribution >= 4 is 43.5 Å². The van der Waals surface area contributed by atoms with E-state index in [0.29, 0.717) is 5.82 Å². The van der Waals surface area contributed by atoms with Crippen LogP contribution in [0.5, 0.6) is 0 Å². The molecular formula is C48H30N2O. The monoisotopic (exact) mass is 650 g/mol. The first-order valence-electron chi connectivity index (χ1n) is 17.2. The topological polar surface area (TPSA) is 38.9 Å². The Morgan fingerprint density at radius 3 is 1.73 bits per heavy atom. The van der Waals surface area contributed by atoms with Gasteiger partial charge in [-0.3, -0.25) is 0 Å². The van der Waals surface area contributed by atoms with Crippen molar-refractivity contribution in [1.29, 1.82) is 0 Å². The molecule has 0 radical (unpaired) electrons. The maximum Gasteiger partial charge on any atom is 0.160 e. The molecule has 0 aliphatic carbocycles. The van der Waals surface area contributed by atoms with Gasteiger partial charge in [-0.05, 0) is 62.7 Å². The lowest BCUT2D eigenvalue weighted by Gasteiger charge is -2.11. The van der Waals surface area contributed by atoms with Crippen LogP contribution in [0, 0.1) is 0 Å². The Kier molecular flexibility index (Phi) is 6.81. The van der Waals surface area contributed by atoms with Gasteiger partial charge in [0.2, 0.25) is 0 Å². The summed E-state index contributed by atoms with van der Waals surface area (Å²) < 4.78 is 6.66. The van der Waals surface area contributed by atoms with Gasteiger partial charge in [0.1, 0.15) is 11.2 Å². The molecule has 0 saturated carbocycles. The molecule has 0 fully saturated rings. The van der Waals surface area contributed by atoms with Crippen LogP contribution in [0.4, 0.5) is 0 Å². The molecule has 2 heterocycles. The first kappa shape index (κ1) is 29.1. The van der Waals surface area contributed by atoms with Crippen LogP contribution in [0.2, 0.25) is 0 Å². The summed E-state index contributed by atoms with van der Waals surface area (Å²) in [6.07, 6.45) is 0. The van der Waals surface area contributed by atoms with E-state index in [4.69, 9.17) is 14.4 Å². The number of aromatic nitrogens is 2. The van der Waals surface area contributed by atoms with Gasteiger partial charge in [-0.1, -0.05) is 158 Å². The number of rotatable bonds is 5. The molecule has 2 aromatic heterocycles. The molecule has 0 bridgehead atoms. The zero-order valence-electron chi connectivity index (χ0n) is 27.6. The van der Waals surface area contributed by atoms with E-state index in [9.17, 15) is 0 Å². The Hall–Kier alpha value is -6.84. The fourth-order valence-electron chi connectivity index (χ4n) is 7.37. The summed E-state index contributed by atoms with van der Waals surface area (Å²) in [5.74, 6) is 0.710. The predicted octanol–water partition coefficient (Wildman–Crippen LogP) is 13.0. The molecule has 0 amide bonds. The molecule has 0 aliphatic heterocycles. The maximum atomic E-state index is 6.66. The van der Waals surface area contributed by atoms with E-state index in [1.54, 1.807) is 0 Å². The van der Waals surface area contributed by atoms with E-state index in [-0.39, 0.29) is 0 Å². The van der Waals surface area contributed by atoms with Gasteiger partial charge in [-0.15, -0.1) is 0 Å². The second kappa shape index (κ2) is 11.9. The minimum Gasteiger partial charge on any atom is -0.455 e. The lowest BCUT2D eigenvalue weighted by atomic mass is 9.92. The Morgan fingerprint density at radius 1 is 0.353 bits per heavy atom. The van der Waals surface area contributed by atoms with Crippen LogP contribution in [-0.4, -0.2) is 9.97 Å². The maximum absolute atomic E-state index is 6.66. The number of nitrogens with zero attached hydrogens (tertiary/aromatic N) is 2. The molecule has 238 valence electrons. The largest absolute Gasteiger partial charge is 0.455 e. The van der Waals surface area contributed by atoms with Gasteiger partial charge in [0.15, 0.2) is 5.82 Å². The minimum atomic E-state index is 0.710. The summed E-state index contributed by atoms with van der Waals surface area (Å²) in [7, 11) is 0. The van der Waals surface area contributed by atoms with Crippen molar-refractivity contribution in [2.24, 2.45) is 0 Å². The zero-order valence-corrected chi connectivity index (χ0v) is 27.6. The first-order chi connectivity index (χ1) is 25.3. The number of fused-ring (bicyclic) bond motifs is 6. The van der Waals surface area contributed by atoms with Crippen LogP contribution in [0.1, 0.15) is 0 Å². The molecule has 0 N–H and O–H groups in total. The van der Waals surface area contributed by atoms with E-state index < -0.39 is 0 Å². The highest BCUT2D eigenvalue weighted by molar-refractivity contribution is 6.22. The fraction of sp³-hybridized carbons (Fsp3) is 0. The van der Waals surface area contributed by atoms with Gasteiger partial charge in [0.25, 0.3) is 0 Å². The third-order valence-corrected chi connectivity index (χ3v) is 9.88. The fourth-order valence-corrected chi connectivity index (χ4v) is 7.37. The van der Waals surface area contributed by atoms with Crippen LogP contribution in [0.3, 0.4) is 0 Å². The van der Waals surface area contributed by atoms with Crippen LogP contribution in [0.15, 0.2) is 186 Å². The van der Waals surface area contributed by atoms with Gasteiger partial charge in [0.05, 0.1) is 11.4 Å². The first-order valence-corrected chi connectivity index (χ1v) is 17.2. The van der Waals surface area contributed by atoms with Crippen LogP contribution < -0.4 is 0 Å². The molecule has 3 heteroatoms. The van der Waals surface area contributed by atoms with Gasteiger partial charge in [-0.25, -0.2) is 9.97 Å². The van der Waals surface area contributed by atoms with Crippen molar-refractivity contribution in [3.05, 3.63) is 182 Å². The Morgan fingerprint density at radius 2 is 0.961 bits per heavy atom. The van der Waals surface area contributed by atoms with E-state index in [2.05, 4.69) is 146 Å². The number of furan rings is 1. The molecule has 10 aromatic rings. The van der Waals surface area contributed by atoms with E-state index >= 15 is 0 Å². The molecule has 0 aliphatic rings. The van der Waals surface area contributed by atoms with Crippen molar-refractivity contribution in [1.82, 2.24) is 9.97 Å². The van der Waals surface area contributed by atoms with Gasteiger partial charge in [0, 0.05) is 32.8 Å². The van der Waals surface area contributed by atoms with E-state index in [0.717, 1.165) is 66.4 Å². The molecule has 51 heavy (non-hydrogen) atoms. The SMILES string of the molecule is c1ccc(-c2cc(-c3ccc(-c4cc5c(oc6cccc(-c7ccc8ccccc8c7)c65)c5ccccc45)cc3)nc(-c3ccccc3)n2)cc1. The molecule has 0 unspecified atom stereocenters. The van der Waals surface area contributed by atoms with Crippen molar-refractivity contribution in [2.45, 2.75) is 0 Å². The normalized spacial score (nSPS) is 11.5. The summed E-state index contributed by atoms with van der Waals surface area (Å²) in [5.41, 5.74) is 11.3. The van der Waals surface area contributed by atoms with Gasteiger partial charge < -0.3 is 4.42 Å². The van der Waals surface area contributed by atoms with Crippen molar-refractivity contribution in [3.63, 3.8) is 0 Å². The number of benzene rings is 8. The third kappa shape index (κ3) is 5.06. The standard InChI is InChI=1S/C48H30N2O/c1-3-13-33(14-4-1)43-30-44(50-48(49-43)35-15-5-2-6-16-35)34-25-23-32(24-26-34)41-29-42-46-38(37-27-22-31-12-7-8-17-36(31)28-37)20-11-21-45(46)51-47(42)40-19-10-9-18-39(40)41/h1-30H. The molecule has 0 saturated heterocycles. The average molecular weight is 651 g/mol. The summed E-state index contributed by atoms with van der Waals surface area (Å²) in [6, 6.07) is 63.8. The van der Waals surface area contributed by atoms with Crippen molar-refractivity contribution in [2.75, 3.05) is 0 Å². The lowest BCUT2D eigenvalue weighted by Crippen LogP contribution is -1.95. The molecule has 8 aromatic carbocycles. The van der Waals surface area contributed by atoms with Crippen LogP contribution >= 0.6 is 0 Å². The molecule has 0 atom stereocenters. The quantitative estimate of drug-likeness (QED) is 0.186. The Balaban J connectivity index is 1.13. The van der Waals surface area contributed by atoms with Crippen molar-refractivity contribution in [3.8, 4) is 56.2 Å². The highest BCUT2D eigenvalue weighted by Gasteiger charge is 2.18. The second-order valence-corrected chi connectivity index (χ2v) is 13.0. The summed E-state index contributed by atoms with van der Waals surface area (Å²) >= 11 is 0. The number of hydrogen-bond acceptors (Lipinski definition) is 3. The highest BCUT2D eigenvalue weighted by atomic mass is 16.3. The van der Waals surface area contributed by atoms with E-state index in [1.165, 1.54) is 27.5 Å². The van der Waals surface area contributed by atoms with Gasteiger partial charge in [-0.2, -0.15) is 0 Å². The molecular weight excluding hydrogens is 621 g/mol. The predicted molar refractivity (Wildman–Crippen MR) is 212 cm³/mol. The molecule has 0 spiro atoms. The van der Waals surface area contributed by atoms with Gasteiger partial charge >= 0.3 is 0 Å². The third-order valence-electron chi connectivity index (χ3n) is 9.88. The second-order valence-electron chi connectivity index (χ2n) is 13.0. The van der Waals surface area contributed by atoms with Crippen LogP contribution in [-0.2, 0) is 0 Å². The summed E-state index contributed by atoms with van der Waals surface area (Å²) in [5, 5.41) is 6.96. The average Bonchev–Trinajstić information content (AvgIpc) is 3.60. The molecule has 3 nitrogen and oxygen atoms in total. The Labute approximate surface area is 295 Å². The van der Waals surface area contributed by atoms with Crippen LogP contribution in [0.25, 0.3) is 99.6 Å². The summed E-state index contributed by atoms with van der Waals surface area (Å²) in [6.45, 7) is 0. The number of hydrogen-bond donors (Lipinski definition) is 0. The van der Waals surface area contributed by atoms with Crippen molar-refractivity contribution < 1.29 is 4.42 Å². The summed E-state index contributed by atoms with van der Waals surface area (Å²) in [4.78, 5) is 10.0. The Bertz CT molecular complexity index is 2830. The smallest absolute Gasteiger partial charge is 0.160 e. The zero-order chi connectivity index (χ0) is 33.7. The lowest BCUT2D eigenvalue weighted by molar-refractivity contribution is 0.673.